The molecule has 1 aromatic rings. The van der Waals surface area contributed by atoms with Gasteiger partial charge in [0.05, 0.1) is 12.1 Å². The van der Waals surface area contributed by atoms with Crippen molar-refractivity contribution in [3.05, 3.63) is 35.9 Å². The van der Waals surface area contributed by atoms with Gasteiger partial charge in [-0.15, -0.1) is 0 Å². The van der Waals surface area contributed by atoms with Crippen LogP contribution in [0.2, 0.25) is 0 Å². The van der Waals surface area contributed by atoms with Crippen LogP contribution in [0.1, 0.15) is 32.4 Å². The maximum atomic E-state index is 12.8. The number of carbonyl (C=O) groups excluding carboxylic acids is 1. The molecular formula is C17H27N3O. The second kappa shape index (κ2) is 6.16. The van der Waals surface area contributed by atoms with E-state index in [1.165, 1.54) is 5.56 Å². The van der Waals surface area contributed by atoms with Crippen molar-refractivity contribution in [3.8, 4) is 0 Å². The number of amides is 1. The number of benzene rings is 1. The van der Waals surface area contributed by atoms with Crippen LogP contribution in [0.15, 0.2) is 30.3 Å². The minimum Gasteiger partial charge on any atom is -0.332 e. The van der Waals surface area contributed by atoms with Gasteiger partial charge in [0.1, 0.15) is 0 Å². The van der Waals surface area contributed by atoms with Crippen molar-refractivity contribution in [2.45, 2.75) is 32.9 Å². The number of nitrogens with two attached hydrogens (primary N) is 1. The largest absolute Gasteiger partial charge is 0.332 e. The highest BCUT2D eigenvalue weighted by molar-refractivity contribution is 5.83. The summed E-state index contributed by atoms with van der Waals surface area (Å²) in [7, 11) is 2.10. The third-order valence-electron chi connectivity index (χ3n) is 4.25. The summed E-state index contributed by atoms with van der Waals surface area (Å²) in [4.78, 5) is 17.0. The standard InChI is InChI=1S/C17H27N3O/c1-17(2,3)15(18)16(21)20-11-10-19(4)12-14(20)13-8-6-5-7-9-13/h5-9,14-15H,10-12,18H2,1-4H3/t14?,15-/m1/s1. The molecule has 2 N–H and O–H groups in total. The van der Waals surface area contributed by atoms with Gasteiger partial charge in [-0.1, -0.05) is 51.1 Å². The normalized spacial score (nSPS) is 22.1. The van der Waals surface area contributed by atoms with E-state index in [0.717, 1.165) is 19.6 Å². The molecule has 1 unspecified atom stereocenters. The summed E-state index contributed by atoms with van der Waals surface area (Å²) in [5.74, 6) is 0.0597. The molecule has 0 spiro atoms. The predicted octanol–water partition coefficient (Wildman–Crippen LogP) is 1.88. The Hall–Kier alpha value is -1.39. The summed E-state index contributed by atoms with van der Waals surface area (Å²) < 4.78 is 0. The quantitative estimate of drug-likeness (QED) is 0.904. The number of carbonyl (C=O) groups is 1. The van der Waals surface area contributed by atoms with Gasteiger partial charge in [-0.2, -0.15) is 0 Å². The first-order valence-corrected chi connectivity index (χ1v) is 7.60. The molecule has 4 heteroatoms. The van der Waals surface area contributed by atoms with Gasteiger partial charge in [0.2, 0.25) is 5.91 Å². The van der Waals surface area contributed by atoms with Gasteiger partial charge in [0.15, 0.2) is 0 Å². The second-order valence-corrected chi connectivity index (χ2v) is 7.06. The Kier molecular flexibility index (Phi) is 4.69. The molecule has 0 saturated carbocycles. The predicted molar refractivity (Wildman–Crippen MR) is 85.8 cm³/mol. The molecule has 2 atom stereocenters. The summed E-state index contributed by atoms with van der Waals surface area (Å²) in [6, 6.07) is 9.85. The Bertz CT molecular complexity index is 481. The Labute approximate surface area is 127 Å². The van der Waals surface area contributed by atoms with Crippen molar-refractivity contribution >= 4 is 5.91 Å². The van der Waals surface area contributed by atoms with E-state index in [1.807, 2.05) is 43.9 Å². The molecule has 1 saturated heterocycles. The second-order valence-electron chi connectivity index (χ2n) is 7.06. The van der Waals surface area contributed by atoms with Crippen LogP contribution in [0.25, 0.3) is 0 Å². The Morgan fingerprint density at radius 2 is 1.86 bits per heavy atom. The first-order chi connectivity index (χ1) is 9.80. The fourth-order valence-corrected chi connectivity index (χ4v) is 2.69. The van der Waals surface area contributed by atoms with Gasteiger partial charge in [0, 0.05) is 19.6 Å². The number of hydrogen-bond acceptors (Lipinski definition) is 3. The molecule has 1 aliphatic rings. The molecule has 0 aliphatic carbocycles. The third kappa shape index (κ3) is 3.63. The van der Waals surface area contributed by atoms with E-state index < -0.39 is 6.04 Å². The topological polar surface area (TPSA) is 49.6 Å². The van der Waals surface area contributed by atoms with Crippen LogP contribution >= 0.6 is 0 Å². The Morgan fingerprint density at radius 1 is 1.24 bits per heavy atom. The van der Waals surface area contributed by atoms with Crippen molar-refractivity contribution < 1.29 is 4.79 Å². The zero-order valence-corrected chi connectivity index (χ0v) is 13.5. The van der Waals surface area contributed by atoms with Gasteiger partial charge >= 0.3 is 0 Å². The van der Waals surface area contributed by atoms with Crippen molar-refractivity contribution in [3.63, 3.8) is 0 Å². The first-order valence-electron chi connectivity index (χ1n) is 7.60. The van der Waals surface area contributed by atoms with E-state index in [4.69, 9.17) is 5.73 Å². The lowest BCUT2D eigenvalue weighted by molar-refractivity contribution is -0.140. The molecule has 1 fully saturated rings. The molecule has 116 valence electrons. The van der Waals surface area contributed by atoms with E-state index in [9.17, 15) is 4.79 Å². The van der Waals surface area contributed by atoms with E-state index >= 15 is 0 Å². The van der Waals surface area contributed by atoms with E-state index in [1.54, 1.807) is 0 Å². The zero-order valence-electron chi connectivity index (χ0n) is 13.5. The van der Waals surface area contributed by atoms with Crippen LogP contribution in [0.3, 0.4) is 0 Å². The average molecular weight is 289 g/mol. The molecule has 1 heterocycles. The Morgan fingerprint density at radius 3 is 2.43 bits per heavy atom. The molecule has 0 radical (unpaired) electrons. The molecule has 1 amide bonds. The lowest BCUT2D eigenvalue weighted by atomic mass is 9.86. The minimum atomic E-state index is -0.466. The third-order valence-corrected chi connectivity index (χ3v) is 4.25. The lowest BCUT2D eigenvalue weighted by Gasteiger charge is -2.43. The van der Waals surface area contributed by atoms with Crippen LogP contribution in [-0.4, -0.2) is 48.4 Å². The van der Waals surface area contributed by atoms with Crippen LogP contribution in [-0.2, 0) is 4.79 Å². The van der Waals surface area contributed by atoms with Crippen LogP contribution in [0.5, 0.6) is 0 Å². The highest BCUT2D eigenvalue weighted by Gasteiger charge is 2.36. The van der Waals surface area contributed by atoms with Gasteiger partial charge in [0.25, 0.3) is 0 Å². The summed E-state index contributed by atoms with van der Waals surface area (Å²) in [5, 5.41) is 0. The maximum absolute atomic E-state index is 12.8. The van der Waals surface area contributed by atoms with Gasteiger partial charge < -0.3 is 15.5 Å². The zero-order chi connectivity index (χ0) is 15.6. The number of piperazine rings is 1. The van der Waals surface area contributed by atoms with Crippen molar-refractivity contribution in [2.75, 3.05) is 26.7 Å². The molecule has 21 heavy (non-hydrogen) atoms. The SMILES string of the molecule is CN1CCN(C(=O)[C@@H](N)C(C)(C)C)C(c2ccccc2)C1. The van der Waals surface area contributed by atoms with E-state index in [2.05, 4.69) is 24.1 Å². The summed E-state index contributed by atoms with van der Waals surface area (Å²) in [6.45, 7) is 8.53. The first kappa shape index (κ1) is 16.0. The van der Waals surface area contributed by atoms with Crippen molar-refractivity contribution in [2.24, 2.45) is 11.1 Å². The van der Waals surface area contributed by atoms with Gasteiger partial charge in [-0.25, -0.2) is 0 Å². The van der Waals surface area contributed by atoms with Gasteiger partial charge in [-0.05, 0) is 18.0 Å². The number of rotatable bonds is 2. The molecule has 0 bridgehead atoms. The molecular weight excluding hydrogens is 262 g/mol. The van der Waals surface area contributed by atoms with Gasteiger partial charge in [-0.3, -0.25) is 4.79 Å². The highest BCUT2D eigenvalue weighted by atomic mass is 16.2. The fourth-order valence-electron chi connectivity index (χ4n) is 2.69. The summed E-state index contributed by atoms with van der Waals surface area (Å²) in [6.07, 6.45) is 0. The fraction of sp³-hybridized carbons (Fsp3) is 0.588. The number of likely N-dealkylation sites (N-methyl/N-ethyl adjacent to an activating group) is 1. The molecule has 1 aromatic carbocycles. The average Bonchev–Trinajstić information content (AvgIpc) is 2.45. The minimum absolute atomic E-state index is 0.0597. The number of hydrogen-bond donors (Lipinski definition) is 1. The molecule has 1 aliphatic heterocycles. The monoisotopic (exact) mass is 289 g/mol. The highest BCUT2D eigenvalue weighted by Crippen LogP contribution is 2.28. The van der Waals surface area contributed by atoms with Crippen LogP contribution in [0.4, 0.5) is 0 Å². The van der Waals surface area contributed by atoms with Crippen LogP contribution in [0, 0.1) is 5.41 Å². The van der Waals surface area contributed by atoms with E-state index in [-0.39, 0.29) is 17.4 Å². The van der Waals surface area contributed by atoms with Crippen molar-refractivity contribution in [1.82, 2.24) is 9.80 Å². The molecule has 2 rings (SSSR count). The smallest absolute Gasteiger partial charge is 0.240 e. The summed E-state index contributed by atoms with van der Waals surface area (Å²) in [5.41, 5.74) is 7.15. The maximum Gasteiger partial charge on any atom is 0.240 e. The molecule has 0 aromatic heterocycles. The summed E-state index contributed by atoms with van der Waals surface area (Å²) >= 11 is 0. The van der Waals surface area contributed by atoms with E-state index in [0.29, 0.717) is 0 Å². The lowest BCUT2D eigenvalue weighted by Crippen LogP contribution is -2.56. The molecule has 4 nitrogen and oxygen atoms in total. The van der Waals surface area contributed by atoms with Crippen molar-refractivity contribution in [1.29, 1.82) is 0 Å². The van der Waals surface area contributed by atoms with Crippen LogP contribution < -0.4 is 5.73 Å². The Balaban J connectivity index is 2.25. The number of nitrogens with zero attached hydrogens (tertiary/aromatic N) is 2.